The van der Waals surface area contributed by atoms with E-state index >= 15 is 0 Å². The van der Waals surface area contributed by atoms with E-state index < -0.39 is 0 Å². The Morgan fingerprint density at radius 3 is 3.00 bits per heavy atom. The highest BCUT2D eigenvalue weighted by atomic mass is 16.1. The third-order valence-corrected chi connectivity index (χ3v) is 2.35. The largest absolute Gasteiger partial charge is 0.347 e. The number of piperidine rings is 1. The second-order valence-electron chi connectivity index (χ2n) is 3.57. The number of nitrogens with zero attached hydrogens (tertiary/aromatic N) is 1. The number of rotatable bonds is 1. The lowest BCUT2D eigenvalue weighted by Gasteiger charge is -2.26. The van der Waals surface area contributed by atoms with Crippen molar-refractivity contribution in [2.24, 2.45) is 0 Å². The van der Waals surface area contributed by atoms with Crippen LogP contribution in [0, 0.1) is 0 Å². The molecule has 1 aromatic rings. The van der Waals surface area contributed by atoms with Crippen LogP contribution in [0.25, 0.3) is 0 Å². The van der Waals surface area contributed by atoms with Gasteiger partial charge in [-0.3, -0.25) is 4.79 Å². The lowest BCUT2D eigenvalue weighted by atomic mass is 9.97. The Bertz CT molecular complexity index is 294. The lowest BCUT2D eigenvalue weighted by molar-refractivity contribution is -0.121. The zero-order valence-corrected chi connectivity index (χ0v) is 7.58. The molecule has 2 heterocycles. The van der Waals surface area contributed by atoms with Crippen LogP contribution in [-0.4, -0.2) is 21.8 Å². The van der Waals surface area contributed by atoms with E-state index in [0.717, 1.165) is 5.69 Å². The third kappa shape index (κ3) is 1.78. The molecule has 0 spiro atoms. The number of Topliss-reactive ketones (excluding diaryl/α,β-unsaturated/α-hetero) is 1. The van der Waals surface area contributed by atoms with Crippen molar-refractivity contribution in [2.45, 2.75) is 31.8 Å². The van der Waals surface area contributed by atoms with Crippen LogP contribution in [0.1, 0.15) is 31.5 Å². The van der Waals surface area contributed by atoms with Gasteiger partial charge in [-0.05, 0) is 6.92 Å². The maximum absolute atomic E-state index is 11.3. The van der Waals surface area contributed by atoms with E-state index in [-0.39, 0.29) is 12.1 Å². The average Bonchev–Trinajstić information content (AvgIpc) is 2.53. The molecule has 2 N–H and O–H groups in total. The molecule has 1 fully saturated rings. The zero-order valence-electron chi connectivity index (χ0n) is 7.58. The van der Waals surface area contributed by atoms with E-state index in [1.807, 2.05) is 6.92 Å². The van der Waals surface area contributed by atoms with Crippen molar-refractivity contribution >= 4 is 5.78 Å². The summed E-state index contributed by atoms with van der Waals surface area (Å²) in [7, 11) is 0. The van der Waals surface area contributed by atoms with Gasteiger partial charge in [0.05, 0.1) is 18.1 Å². The summed E-state index contributed by atoms with van der Waals surface area (Å²) in [5.74, 6) is 0.325. The number of aromatic nitrogens is 2. The maximum atomic E-state index is 11.3. The Hall–Kier alpha value is -1.16. The minimum atomic E-state index is 0.124. The number of nitrogens with one attached hydrogen (secondary N) is 2. The van der Waals surface area contributed by atoms with Gasteiger partial charge in [-0.25, -0.2) is 4.98 Å². The van der Waals surface area contributed by atoms with Crippen LogP contribution < -0.4 is 5.32 Å². The fourth-order valence-electron chi connectivity index (χ4n) is 1.77. The summed E-state index contributed by atoms with van der Waals surface area (Å²) < 4.78 is 0. The predicted octanol–water partition coefficient (Wildman–Crippen LogP) is 0.792. The van der Waals surface area contributed by atoms with Crippen LogP contribution in [0.2, 0.25) is 0 Å². The van der Waals surface area contributed by atoms with Crippen LogP contribution in [0.4, 0.5) is 0 Å². The molecule has 0 radical (unpaired) electrons. The van der Waals surface area contributed by atoms with E-state index in [9.17, 15) is 4.79 Å². The predicted molar refractivity (Wildman–Crippen MR) is 48.2 cm³/mol. The smallest absolute Gasteiger partial charge is 0.136 e. The molecule has 2 atom stereocenters. The molecule has 1 saturated heterocycles. The number of imidazole rings is 1. The van der Waals surface area contributed by atoms with Gasteiger partial charge in [-0.1, -0.05) is 0 Å². The lowest BCUT2D eigenvalue weighted by Crippen LogP contribution is -2.39. The van der Waals surface area contributed by atoms with Gasteiger partial charge in [0, 0.05) is 25.1 Å². The van der Waals surface area contributed by atoms with Crippen LogP contribution in [0.5, 0.6) is 0 Å². The summed E-state index contributed by atoms with van der Waals surface area (Å²) in [6, 6.07) is 0.397. The maximum Gasteiger partial charge on any atom is 0.136 e. The summed E-state index contributed by atoms with van der Waals surface area (Å²) >= 11 is 0. The van der Waals surface area contributed by atoms with Gasteiger partial charge in [0.1, 0.15) is 5.78 Å². The molecule has 2 unspecified atom stereocenters. The highest BCUT2D eigenvalue weighted by molar-refractivity contribution is 5.80. The molecular formula is C9H13N3O. The quantitative estimate of drug-likeness (QED) is 0.670. The molecule has 0 saturated carbocycles. The number of hydrogen-bond donors (Lipinski definition) is 2. The summed E-state index contributed by atoms with van der Waals surface area (Å²) in [5, 5.41) is 3.36. The van der Waals surface area contributed by atoms with Gasteiger partial charge in [0.15, 0.2) is 0 Å². The zero-order chi connectivity index (χ0) is 9.26. The molecule has 4 heteroatoms. The van der Waals surface area contributed by atoms with E-state index in [4.69, 9.17) is 0 Å². The first kappa shape index (κ1) is 8.44. The Morgan fingerprint density at radius 1 is 1.54 bits per heavy atom. The Balaban J connectivity index is 2.12. The van der Waals surface area contributed by atoms with Crippen LogP contribution >= 0.6 is 0 Å². The van der Waals surface area contributed by atoms with Crippen molar-refractivity contribution in [3.63, 3.8) is 0 Å². The topological polar surface area (TPSA) is 57.8 Å². The van der Waals surface area contributed by atoms with Crippen molar-refractivity contribution in [3.8, 4) is 0 Å². The van der Waals surface area contributed by atoms with Crippen LogP contribution in [0.3, 0.4) is 0 Å². The molecule has 4 nitrogen and oxygen atoms in total. The second-order valence-corrected chi connectivity index (χ2v) is 3.57. The molecule has 2 rings (SSSR count). The fraction of sp³-hybridized carbons (Fsp3) is 0.556. The minimum Gasteiger partial charge on any atom is -0.347 e. The van der Waals surface area contributed by atoms with Gasteiger partial charge in [0.2, 0.25) is 0 Å². The average molecular weight is 179 g/mol. The first-order valence-electron chi connectivity index (χ1n) is 4.51. The summed E-state index contributed by atoms with van der Waals surface area (Å²) in [5.41, 5.74) is 1.000. The molecule has 0 amide bonds. The summed E-state index contributed by atoms with van der Waals surface area (Å²) in [6.45, 7) is 2.03. The number of aromatic amines is 1. The number of carbonyl (C=O) groups is 1. The van der Waals surface area contributed by atoms with Crippen molar-refractivity contribution in [1.82, 2.24) is 15.3 Å². The number of H-pyrrole nitrogens is 1. The van der Waals surface area contributed by atoms with E-state index in [1.54, 1.807) is 12.5 Å². The first-order chi connectivity index (χ1) is 6.25. The van der Waals surface area contributed by atoms with Gasteiger partial charge >= 0.3 is 0 Å². The molecule has 13 heavy (non-hydrogen) atoms. The van der Waals surface area contributed by atoms with Gasteiger partial charge in [-0.2, -0.15) is 0 Å². The highest BCUT2D eigenvalue weighted by Gasteiger charge is 2.25. The number of hydrogen-bond acceptors (Lipinski definition) is 3. The van der Waals surface area contributed by atoms with E-state index in [0.29, 0.717) is 18.6 Å². The highest BCUT2D eigenvalue weighted by Crippen LogP contribution is 2.21. The molecule has 0 bridgehead atoms. The first-order valence-corrected chi connectivity index (χ1v) is 4.51. The molecule has 1 aliphatic rings. The number of carbonyl (C=O) groups excluding carboxylic acids is 1. The van der Waals surface area contributed by atoms with E-state index in [2.05, 4.69) is 15.3 Å². The number of ketones is 1. The second kappa shape index (κ2) is 3.30. The summed E-state index contributed by atoms with van der Waals surface area (Å²) in [4.78, 5) is 18.3. The van der Waals surface area contributed by atoms with Crippen molar-refractivity contribution < 1.29 is 4.79 Å². The van der Waals surface area contributed by atoms with Gasteiger partial charge < -0.3 is 10.3 Å². The molecule has 1 aromatic heterocycles. The SMILES string of the molecule is CC1CC(=O)CC(c2cnc[nH]2)N1. The minimum absolute atomic E-state index is 0.124. The van der Waals surface area contributed by atoms with Crippen molar-refractivity contribution in [2.75, 3.05) is 0 Å². The molecule has 0 aliphatic carbocycles. The fourth-order valence-corrected chi connectivity index (χ4v) is 1.77. The molecule has 1 aliphatic heterocycles. The molecule has 0 aromatic carbocycles. The normalized spacial score (nSPS) is 29.2. The van der Waals surface area contributed by atoms with Crippen molar-refractivity contribution in [1.29, 1.82) is 0 Å². The summed E-state index contributed by atoms with van der Waals surface area (Å²) in [6.07, 6.45) is 4.63. The van der Waals surface area contributed by atoms with Crippen LogP contribution in [-0.2, 0) is 4.79 Å². The molecule has 70 valence electrons. The third-order valence-electron chi connectivity index (χ3n) is 2.35. The van der Waals surface area contributed by atoms with Crippen LogP contribution in [0.15, 0.2) is 12.5 Å². The van der Waals surface area contributed by atoms with E-state index in [1.165, 1.54) is 0 Å². The van der Waals surface area contributed by atoms with Gasteiger partial charge in [-0.15, -0.1) is 0 Å². The Morgan fingerprint density at radius 2 is 2.38 bits per heavy atom. The van der Waals surface area contributed by atoms with Crippen molar-refractivity contribution in [3.05, 3.63) is 18.2 Å². The Kier molecular flexibility index (Phi) is 2.14. The van der Waals surface area contributed by atoms with Gasteiger partial charge in [0.25, 0.3) is 0 Å². The Labute approximate surface area is 76.8 Å². The standard InChI is InChI=1S/C9H13N3O/c1-6-2-7(13)3-8(12-6)9-4-10-5-11-9/h4-6,8,12H,2-3H2,1H3,(H,10,11). The monoisotopic (exact) mass is 179 g/mol. The molecular weight excluding hydrogens is 166 g/mol.